The van der Waals surface area contributed by atoms with Gasteiger partial charge < -0.3 is 10.2 Å². The van der Waals surface area contributed by atoms with Crippen molar-refractivity contribution in [1.82, 2.24) is 4.90 Å². The molecule has 3 aromatic carbocycles. The second-order valence-electron chi connectivity index (χ2n) is 11.1. The summed E-state index contributed by atoms with van der Waals surface area (Å²) in [4.78, 5) is 2.58. The zero-order valence-electron chi connectivity index (χ0n) is 21.5. The van der Waals surface area contributed by atoms with Gasteiger partial charge in [-0.25, -0.2) is 0 Å². The van der Waals surface area contributed by atoms with E-state index in [1.165, 1.54) is 30.4 Å². The fourth-order valence-electron chi connectivity index (χ4n) is 5.46. The van der Waals surface area contributed by atoms with Crippen LogP contribution >= 0.6 is 0 Å². The summed E-state index contributed by atoms with van der Waals surface area (Å²) in [5.41, 5.74) is 2.75. The summed E-state index contributed by atoms with van der Waals surface area (Å²) in [6, 6.07) is 28.5. The number of rotatable bonds is 8. The molecule has 1 aliphatic heterocycles. The molecule has 3 heteroatoms. The van der Waals surface area contributed by atoms with E-state index in [1.54, 1.807) is 0 Å². The van der Waals surface area contributed by atoms with Crippen molar-refractivity contribution in [1.29, 1.82) is 0 Å². The van der Waals surface area contributed by atoms with E-state index in [9.17, 15) is 10.2 Å². The molecule has 3 nitrogen and oxygen atoms in total. The maximum atomic E-state index is 12.0. The van der Waals surface area contributed by atoms with Crippen LogP contribution in [0.2, 0.25) is 0 Å². The average molecular weight is 472 g/mol. The van der Waals surface area contributed by atoms with Crippen molar-refractivity contribution in [2.24, 2.45) is 0 Å². The lowest BCUT2D eigenvalue weighted by Crippen LogP contribution is -2.42. The summed E-state index contributed by atoms with van der Waals surface area (Å²) in [6.45, 7) is 8.91. The van der Waals surface area contributed by atoms with Crippen LogP contribution in [0.3, 0.4) is 0 Å². The quantitative estimate of drug-likeness (QED) is 0.390. The Morgan fingerprint density at radius 2 is 1.20 bits per heavy atom. The molecule has 1 saturated heterocycles. The smallest absolute Gasteiger partial charge is 0.140 e. The summed E-state index contributed by atoms with van der Waals surface area (Å²) >= 11 is 0. The van der Waals surface area contributed by atoms with Crippen LogP contribution in [0.25, 0.3) is 0 Å². The largest absolute Gasteiger partial charge is 0.389 e. The Bertz CT molecular complexity index is 995. The molecule has 3 aromatic rings. The van der Waals surface area contributed by atoms with E-state index < -0.39 is 11.7 Å². The third-order valence-corrected chi connectivity index (χ3v) is 7.62. The van der Waals surface area contributed by atoms with Crippen molar-refractivity contribution >= 4 is 0 Å². The molecule has 2 unspecified atom stereocenters. The summed E-state index contributed by atoms with van der Waals surface area (Å²) in [7, 11) is 0. The molecule has 0 bridgehead atoms. The van der Waals surface area contributed by atoms with Gasteiger partial charge in [-0.2, -0.15) is 0 Å². The van der Waals surface area contributed by atoms with Gasteiger partial charge in [0.25, 0.3) is 0 Å². The van der Waals surface area contributed by atoms with Gasteiger partial charge in [-0.3, -0.25) is 4.90 Å². The topological polar surface area (TPSA) is 43.7 Å². The first-order valence-corrected chi connectivity index (χ1v) is 13.2. The van der Waals surface area contributed by atoms with Gasteiger partial charge in [-0.1, -0.05) is 112 Å². The van der Waals surface area contributed by atoms with E-state index in [2.05, 4.69) is 49.9 Å². The fourth-order valence-corrected chi connectivity index (χ4v) is 5.46. The first kappa shape index (κ1) is 25.6. The molecule has 1 aliphatic rings. The predicted molar refractivity (Wildman–Crippen MR) is 144 cm³/mol. The Morgan fingerprint density at radius 1 is 0.686 bits per heavy atom. The van der Waals surface area contributed by atoms with E-state index in [0.29, 0.717) is 6.42 Å². The van der Waals surface area contributed by atoms with Crippen molar-refractivity contribution < 1.29 is 10.2 Å². The van der Waals surface area contributed by atoms with Gasteiger partial charge in [0.1, 0.15) is 5.60 Å². The second-order valence-corrected chi connectivity index (χ2v) is 11.1. The zero-order valence-corrected chi connectivity index (χ0v) is 21.5. The number of benzene rings is 3. The molecule has 0 spiro atoms. The van der Waals surface area contributed by atoms with Crippen LogP contribution in [0.4, 0.5) is 0 Å². The van der Waals surface area contributed by atoms with Crippen LogP contribution in [0.15, 0.2) is 84.9 Å². The fraction of sp³-hybridized carbons (Fsp3) is 0.438. The molecule has 1 fully saturated rings. The summed E-state index contributed by atoms with van der Waals surface area (Å²) in [6.07, 6.45) is 4.10. The number of nitrogens with zero attached hydrogens (tertiary/aromatic N) is 1. The van der Waals surface area contributed by atoms with Gasteiger partial charge in [-0.05, 0) is 66.4 Å². The van der Waals surface area contributed by atoms with Gasteiger partial charge in [0.05, 0.1) is 6.10 Å². The number of likely N-dealkylation sites (tertiary alicyclic amines) is 1. The monoisotopic (exact) mass is 471 g/mol. The third-order valence-electron chi connectivity index (χ3n) is 7.62. The standard InChI is InChI=1S/C32H41NO2/c1-31(2,3)26-19-17-25(18-20-26)29(33-23-11-6-12-24-33)21-22-30(34)32(35,27-13-7-4-8-14-27)28-15-9-5-10-16-28/h4-5,7-10,13-20,29-30,34-35H,6,11-12,21-24H2,1-3H3. The average Bonchev–Trinajstić information content (AvgIpc) is 2.89. The molecule has 0 aromatic heterocycles. The van der Waals surface area contributed by atoms with Crippen molar-refractivity contribution in [3.8, 4) is 0 Å². The van der Waals surface area contributed by atoms with E-state index in [4.69, 9.17) is 0 Å². The Kier molecular flexibility index (Phi) is 8.11. The molecule has 0 saturated carbocycles. The minimum absolute atomic E-state index is 0.122. The second kappa shape index (κ2) is 11.1. The predicted octanol–water partition coefficient (Wildman–Crippen LogP) is 6.59. The summed E-state index contributed by atoms with van der Waals surface area (Å²) < 4.78 is 0. The number of hydrogen-bond acceptors (Lipinski definition) is 3. The van der Waals surface area contributed by atoms with E-state index >= 15 is 0 Å². The number of piperidine rings is 1. The van der Waals surface area contributed by atoms with Crippen LogP contribution in [-0.4, -0.2) is 34.3 Å². The van der Waals surface area contributed by atoms with E-state index in [1.807, 2.05) is 60.7 Å². The minimum Gasteiger partial charge on any atom is -0.389 e. The van der Waals surface area contributed by atoms with Crippen LogP contribution < -0.4 is 0 Å². The molecule has 2 atom stereocenters. The maximum Gasteiger partial charge on any atom is 0.140 e. The lowest BCUT2D eigenvalue weighted by atomic mass is 9.79. The highest BCUT2D eigenvalue weighted by atomic mass is 16.3. The van der Waals surface area contributed by atoms with E-state index in [0.717, 1.165) is 30.6 Å². The number of aliphatic hydroxyl groups is 2. The van der Waals surface area contributed by atoms with Gasteiger partial charge in [-0.15, -0.1) is 0 Å². The lowest BCUT2D eigenvalue weighted by molar-refractivity contribution is -0.0571. The minimum atomic E-state index is -1.45. The van der Waals surface area contributed by atoms with Gasteiger partial charge in [0.2, 0.25) is 0 Å². The van der Waals surface area contributed by atoms with E-state index in [-0.39, 0.29) is 11.5 Å². The zero-order chi connectivity index (χ0) is 24.9. The van der Waals surface area contributed by atoms with Crippen molar-refractivity contribution in [3.05, 3.63) is 107 Å². The highest BCUT2D eigenvalue weighted by Crippen LogP contribution is 2.38. The molecular formula is C32H41NO2. The SMILES string of the molecule is CC(C)(C)c1ccc(C(CCC(O)C(O)(c2ccccc2)c2ccccc2)N2CCCCC2)cc1. The Morgan fingerprint density at radius 3 is 1.69 bits per heavy atom. The summed E-state index contributed by atoms with van der Waals surface area (Å²) in [5, 5.41) is 23.5. The van der Waals surface area contributed by atoms with Crippen molar-refractivity contribution in [2.45, 2.75) is 76.0 Å². The van der Waals surface area contributed by atoms with Crippen LogP contribution in [-0.2, 0) is 11.0 Å². The Labute approximate surface area is 211 Å². The van der Waals surface area contributed by atoms with Gasteiger partial charge in [0.15, 0.2) is 0 Å². The number of aliphatic hydroxyl groups excluding tert-OH is 1. The molecule has 186 valence electrons. The molecule has 4 rings (SSSR count). The number of hydrogen-bond donors (Lipinski definition) is 2. The maximum absolute atomic E-state index is 12.0. The van der Waals surface area contributed by atoms with Crippen LogP contribution in [0, 0.1) is 0 Å². The Hall–Kier alpha value is -2.46. The van der Waals surface area contributed by atoms with Gasteiger partial charge >= 0.3 is 0 Å². The Balaban J connectivity index is 1.60. The highest BCUT2D eigenvalue weighted by molar-refractivity contribution is 5.37. The molecule has 35 heavy (non-hydrogen) atoms. The molecule has 0 amide bonds. The van der Waals surface area contributed by atoms with Crippen molar-refractivity contribution in [3.63, 3.8) is 0 Å². The summed E-state index contributed by atoms with van der Waals surface area (Å²) in [5.74, 6) is 0. The van der Waals surface area contributed by atoms with Crippen LogP contribution in [0.5, 0.6) is 0 Å². The third kappa shape index (κ3) is 5.86. The first-order valence-electron chi connectivity index (χ1n) is 13.2. The molecular weight excluding hydrogens is 430 g/mol. The first-order chi connectivity index (χ1) is 16.8. The van der Waals surface area contributed by atoms with Gasteiger partial charge in [0, 0.05) is 6.04 Å². The molecule has 0 aliphatic carbocycles. The van der Waals surface area contributed by atoms with Crippen molar-refractivity contribution in [2.75, 3.05) is 13.1 Å². The lowest BCUT2D eigenvalue weighted by Gasteiger charge is -2.38. The molecule has 0 radical (unpaired) electrons. The molecule has 2 N–H and O–H groups in total. The van der Waals surface area contributed by atoms with Crippen LogP contribution in [0.1, 0.15) is 81.2 Å². The molecule has 1 heterocycles. The highest BCUT2D eigenvalue weighted by Gasteiger charge is 2.39. The normalized spacial score (nSPS) is 17.2.